The maximum atomic E-state index is 13.1. The molecule has 0 unspecified atom stereocenters. The lowest BCUT2D eigenvalue weighted by atomic mass is 9.85. The van der Waals surface area contributed by atoms with Gasteiger partial charge in [0.2, 0.25) is 11.5 Å². The summed E-state index contributed by atoms with van der Waals surface area (Å²) in [5.74, 6) is -2.02. The highest BCUT2D eigenvalue weighted by Crippen LogP contribution is 2.40. The van der Waals surface area contributed by atoms with Crippen LogP contribution in [0.4, 0.5) is 0 Å². The number of esters is 1. The second-order valence-electron chi connectivity index (χ2n) is 8.54. The van der Waals surface area contributed by atoms with Crippen molar-refractivity contribution in [1.29, 1.82) is 0 Å². The van der Waals surface area contributed by atoms with Gasteiger partial charge in [0.15, 0.2) is 11.9 Å². The molecule has 0 amide bonds. The molecule has 3 aromatic rings. The van der Waals surface area contributed by atoms with Crippen molar-refractivity contribution >= 4 is 11.8 Å². The first-order chi connectivity index (χ1) is 17.7. The summed E-state index contributed by atoms with van der Waals surface area (Å²) < 4.78 is 22.2. The van der Waals surface area contributed by atoms with Crippen molar-refractivity contribution in [3.8, 4) is 23.0 Å². The number of nitrogens with zero attached hydrogens (tertiary/aromatic N) is 1. The number of benzene rings is 2. The number of hydrogen-bond acceptors (Lipinski definition) is 8. The molecule has 0 bridgehead atoms. The van der Waals surface area contributed by atoms with Gasteiger partial charge in [-0.2, -0.15) is 4.73 Å². The van der Waals surface area contributed by atoms with Crippen LogP contribution in [0.5, 0.6) is 23.0 Å². The molecule has 1 aromatic heterocycles. The Morgan fingerprint density at radius 3 is 1.89 bits per heavy atom. The van der Waals surface area contributed by atoms with E-state index in [1.165, 1.54) is 20.1 Å². The van der Waals surface area contributed by atoms with E-state index >= 15 is 0 Å². The summed E-state index contributed by atoms with van der Waals surface area (Å²) in [5, 5.41) is 22.4. The number of aromatic hydroxyl groups is 1. The van der Waals surface area contributed by atoms with Crippen LogP contribution in [-0.4, -0.2) is 44.3 Å². The van der Waals surface area contributed by atoms with Gasteiger partial charge in [-0.3, -0.25) is 9.59 Å². The van der Waals surface area contributed by atoms with Crippen LogP contribution in [-0.2, 0) is 9.53 Å². The monoisotopic (exact) mass is 509 g/mol. The van der Waals surface area contributed by atoms with E-state index in [-0.39, 0.29) is 16.9 Å². The minimum absolute atomic E-state index is 0.0178. The molecular formula is C28H31NO8. The fourth-order valence-corrected chi connectivity index (χ4v) is 4.28. The zero-order chi connectivity index (χ0) is 27.1. The van der Waals surface area contributed by atoms with Crippen LogP contribution in [0.25, 0.3) is 0 Å². The minimum Gasteiger partial charge on any atom is -0.618 e. The Morgan fingerprint density at radius 2 is 1.38 bits per heavy atom. The van der Waals surface area contributed by atoms with Gasteiger partial charge in [0.25, 0.3) is 0 Å². The SMILES string of the molecule is COc1ccccc1C(c1ccccc1OC)[C@H](C)OC(=O)[C@H](C)CC(=O)c1c(O)c(OC)cc[n+]1[O-]. The van der Waals surface area contributed by atoms with Gasteiger partial charge < -0.3 is 29.3 Å². The highest BCUT2D eigenvalue weighted by molar-refractivity contribution is 5.98. The number of ether oxygens (including phenoxy) is 4. The normalized spacial score (nSPS) is 12.5. The Hall–Kier alpha value is -4.27. The Labute approximate surface area is 215 Å². The van der Waals surface area contributed by atoms with Crippen molar-refractivity contribution in [2.75, 3.05) is 21.3 Å². The number of carbonyl (C=O) groups excluding carboxylic acids is 2. The predicted molar refractivity (Wildman–Crippen MR) is 135 cm³/mol. The summed E-state index contributed by atoms with van der Waals surface area (Å²) >= 11 is 0. The molecule has 9 heteroatoms. The number of pyridine rings is 1. The summed E-state index contributed by atoms with van der Waals surface area (Å²) in [4.78, 5) is 25.9. The molecule has 0 fully saturated rings. The quantitative estimate of drug-likeness (QED) is 0.178. The van der Waals surface area contributed by atoms with Gasteiger partial charge in [0.05, 0.1) is 33.2 Å². The molecule has 1 N–H and O–H groups in total. The van der Waals surface area contributed by atoms with E-state index < -0.39 is 41.1 Å². The molecule has 0 spiro atoms. The number of para-hydroxylation sites is 2. The molecule has 2 atom stereocenters. The van der Waals surface area contributed by atoms with Crippen LogP contribution in [0.2, 0.25) is 0 Å². The van der Waals surface area contributed by atoms with E-state index in [1.54, 1.807) is 21.1 Å². The number of hydrogen-bond donors (Lipinski definition) is 1. The van der Waals surface area contributed by atoms with E-state index in [4.69, 9.17) is 18.9 Å². The number of carbonyl (C=O) groups is 2. The number of Topliss-reactive ketones (excluding diaryl/α,β-unsaturated/α-hetero) is 1. The van der Waals surface area contributed by atoms with Crippen molar-refractivity contribution in [2.45, 2.75) is 32.3 Å². The molecule has 37 heavy (non-hydrogen) atoms. The Bertz CT molecular complexity index is 1210. The maximum absolute atomic E-state index is 13.1. The molecule has 0 aliphatic carbocycles. The van der Waals surface area contributed by atoms with E-state index in [9.17, 15) is 19.9 Å². The third-order valence-electron chi connectivity index (χ3n) is 6.14. The Kier molecular flexibility index (Phi) is 8.95. The third-order valence-corrected chi connectivity index (χ3v) is 6.14. The summed E-state index contributed by atoms with van der Waals surface area (Å²) in [6.45, 7) is 3.29. The fraction of sp³-hybridized carbons (Fsp3) is 0.321. The lowest BCUT2D eigenvalue weighted by Gasteiger charge is -2.28. The first-order valence-electron chi connectivity index (χ1n) is 11.7. The topological polar surface area (TPSA) is 118 Å². The largest absolute Gasteiger partial charge is 0.618 e. The molecule has 0 radical (unpaired) electrons. The van der Waals surface area contributed by atoms with E-state index in [2.05, 4.69) is 0 Å². The standard InChI is InChI=1S/C28H31NO8/c1-17(16-21(30)26-27(31)24(36-5)14-15-29(26)33)28(32)37-18(2)25(19-10-6-8-12-22(19)34-3)20-11-7-9-13-23(20)35-4/h6-15,17-18,25,31H,16H2,1-5H3/t17-,18+/m1/s1. The summed E-state index contributed by atoms with van der Waals surface area (Å²) in [6.07, 6.45) is 0.0390. The van der Waals surface area contributed by atoms with Crippen LogP contribution in [0.3, 0.4) is 0 Å². The maximum Gasteiger partial charge on any atom is 0.309 e. The zero-order valence-electron chi connectivity index (χ0n) is 21.5. The van der Waals surface area contributed by atoms with Crippen molar-refractivity contribution < 1.29 is 38.4 Å². The summed E-state index contributed by atoms with van der Waals surface area (Å²) in [6, 6.07) is 16.1. The molecule has 9 nitrogen and oxygen atoms in total. The molecule has 196 valence electrons. The van der Waals surface area contributed by atoms with Crippen LogP contribution >= 0.6 is 0 Å². The van der Waals surface area contributed by atoms with Crippen LogP contribution in [0.15, 0.2) is 60.8 Å². The van der Waals surface area contributed by atoms with Gasteiger partial charge in [-0.15, -0.1) is 0 Å². The van der Waals surface area contributed by atoms with Gasteiger partial charge in [0, 0.05) is 23.6 Å². The molecule has 2 aromatic carbocycles. The van der Waals surface area contributed by atoms with Gasteiger partial charge in [0.1, 0.15) is 17.6 Å². The first kappa shape index (κ1) is 27.3. The lowest BCUT2D eigenvalue weighted by molar-refractivity contribution is -0.608. The molecule has 3 rings (SSSR count). The second-order valence-corrected chi connectivity index (χ2v) is 8.54. The number of methoxy groups -OCH3 is 3. The molecule has 1 heterocycles. The molecular weight excluding hydrogens is 478 g/mol. The first-order valence-corrected chi connectivity index (χ1v) is 11.7. The van der Waals surface area contributed by atoms with E-state index in [0.29, 0.717) is 11.5 Å². The molecule has 0 saturated carbocycles. The highest BCUT2D eigenvalue weighted by atomic mass is 16.5. The smallest absolute Gasteiger partial charge is 0.309 e. The number of aromatic nitrogens is 1. The minimum atomic E-state index is -0.892. The molecule has 0 saturated heterocycles. The number of ketones is 1. The van der Waals surface area contributed by atoms with Crippen LogP contribution in [0, 0.1) is 11.1 Å². The third kappa shape index (κ3) is 5.94. The van der Waals surface area contributed by atoms with Gasteiger partial charge in [-0.05, 0) is 19.1 Å². The van der Waals surface area contributed by atoms with Crippen molar-refractivity contribution in [3.05, 3.63) is 82.8 Å². The van der Waals surface area contributed by atoms with Gasteiger partial charge >= 0.3 is 11.7 Å². The highest BCUT2D eigenvalue weighted by Gasteiger charge is 2.33. The molecule has 0 aliphatic heterocycles. The van der Waals surface area contributed by atoms with Crippen LogP contribution in [0.1, 0.15) is 47.8 Å². The Balaban J connectivity index is 1.86. The molecule has 0 aliphatic rings. The van der Waals surface area contributed by atoms with Gasteiger partial charge in [-0.1, -0.05) is 43.3 Å². The van der Waals surface area contributed by atoms with Crippen molar-refractivity contribution in [1.82, 2.24) is 0 Å². The average Bonchev–Trinajstić information content (AvgIpc) is 2.89. The number of rotatable bonds is 11. The Morgan fingerprint density at radius 1 is 0.865 bits per heavy atom. The summed E-state index contributed by atoms with van der Waals surface area (Å²) in [7, 11) is 4.44. The van der Waals surface area contributed by atoms with Crippen molar-refractivity contribution in [2.24, 2.45) is 5.92 Å². The average molecular weight is 510 g/mol. The summed E-state index contributed by atoms with van der Waals surface area (Å²) in [5.41, 5.74) is 1.10. The zero-order valence-corrected chi connectivity index (χ0v) is 21.5. The van der Waals surface area contributed by atoms with Crippen molar-refractivity contribution in [3.63, 3.8) is 0 Å². The van der Waals surface area contributed by atoms with E-state index in [0.717, 1.165) is 17.3 Å². The van der Waals surface area contributed by atoms with E-state index in [1.807, 2.05) is 48.5 Å². The van der Waals surface area contributed by atoms with Crippen LogP contribution < -0.4 is 18.9 Å². The predicted octanol–water partition coefficient (Wildman–Crippen LogP) is 4.02. The lowest BCUT2D eigenvalue weighted by Crippen LogP contribution is -2.35. The van der Waals surface area contributed by atoms with Gasteiger partial charge in [-0.25, -0.2) is 0 Å². The second kappa shape index (κ2) is 12.1. The fourth-order valence-electron chi connectivity index (χ4n) is 4.28.